The van der Waals surface area contributed by atoms with Crippen molar-refractivity contribution < 1.29 is 0 Å². The van der Waals surface area contributed by atoms with Crippen LogP contribution in [0.3, 0.4) is 0 Å². The summed E-state index contributed by atoms with van der Waals surface area (Å²) in [7, 11) is 0. The van der Waals surface area contributed by atoms with Gasteiger partial charge < -0.3 is 0 Å². The van der Waals surface area contributed by atoms with Crippen LogP contribution in [-0.2, 0) is 0 Å². The highest BCUT2D eigenvalue weighted by atomic mass is 14.3. The fraction of sp³-hybridized carbons (Fsp3) is 0. The lowest BCUT2D eigenvalue weighted by atomic mass is 9.84. The normalized spacial score (nSPS) is 12.6. The lowest BCUT2D eigenvalue weighted by molar-refractivity contribution is 1.66. The molecule has 0 unspecified atom stereocenters. The Morgan fingerprint density at radius 2 is 0.589 bits per heavy atom. The molecule has 0 N–H and O–H groups in total. The number of fused-ring (bicyclic) bond motifs is 9. The maximum atomic E-state index is 2.46. The van der Waals surface area contributed by atoms with Gasteiger partial charge in [0.15, 0.2) is 0 Å². The van der Waals surface area contributed by atoms with Crippen LogP contribution < -0.4 is 0 Å². The van der Waals surface area contributed by atoms with Crippen molar-refractivity contribution in [3.63, 3.8) is 0 Å². The number of hydrogen-bond donors (Lipinski definition) is 0. The Morgan fingerprint density at radius 1 is 0.179 bits per heavy atom. The highest BCUT2D eigenvalue weighted by Gasteiger charge is 2.25. The van der Waals surface area contributed by atoms with Crippen LogP contribution in [0.25, 0.3) is 141 Å². The third-order valence-corrected chi connectivity index (χ3v) is 13.3. The Bertz CT molecular complexity index is 3860. The van der Waals surface area contributed by atoms with Gasteiger partial charge in [0.25, 0.3) is 0 Å². The van der Waals surface area contributed by atoms with Crippen molar-refractivity contribution >= 4 is 97.0 Å². The van der Waals surface area contributed by atoms with Gasteiger partial charge in [-0.25, -0.2) is 0 Å². The molecule has 1 aliphatic rings. The quantitative estimate of drug-likeness (QED) is 0.124. The monoisotopic (exact) mass is 702 g/mol. The Morgan fingerprint density at radius 3 is 1.20 bits per heavy atom. The third-order valence-electron chi connectivity index (χ3n) is 13.3. The smallest absolute Gasteiger partial charge is 0.00141 e. The first-order valence-corrected chi connectivity index (χ1v) is 19.7. The predicted molar refractivity (Wildman–Crippen MR) is 242 cm³/mol. The molecule has 0 amide bonds. The van der Waals surface area contributed by atoms with Crippen molar-refractivity contribution in [3.05, 3.63) is 182 Å². The standard InChI is InChI=1S/C56H30/c1-3-14-36-34(12-1)40-16-5-10-32-29-49(45-21-8-19-43(36)55(45)52(32)40)31-24-25-38-48-27-26-39(42-18-7-22-46(54(42)48)50(38)28-31)51-30-33-11-6-17-41-35-13-2-4-15-37(35)44-20-9-23-47(51)56(44)53(33)41/h1-30H. The first-order chi connectivity index (χ1) is 27.8. The number of benzene rings is 13. The fourth-order valence-corrected chi connectivity index (χ4v) is 11.0. The van der Waals surface area contributed by atoms with E-state index in [-0.39, 0.29) is 0 Å². The molecule has 0 saturated heterocycles. The second-order valence-electron chi connectivity index (χ2n) is 15.9. The zero-order valence-corrected chi connectivity index (χ0v) is 30.3. The minimum Gasteiger partial charge on any atom is -0.0616 e. The highest BCUT2D eigenvalue weighted by Crippen LogP contribution is 2.53. The minimum absolute atomic E-state index is 1.26. The van der Waals surface area contributed by atoms with E-state index in [1.165, 1.54) is 141 Å². The Labute approximate surface area is 322 Å². The van der Waals surface area contributed by atoms with Gasteiger partial charge in [-0.15, -0.1) is 0 Å². The van der Waals surface area contributed by atoms with Crippen LogP contribution in [0.1, 0.15) is 0 Å². The van der Waals surface area contributed by atoms with Crippen molar-refractivity contribution in [3.8, 4) is 44.5 Å². The first-order valence-electron chi connectivity index (χ1n) is 19.7. The maximum Gasteiger partial charge on any atom is -0.00141 e. The molecule has 13 aromatic carbocycles. The van der Waals surface area contributed by atoms with Crippen LogP contribution in [0.15, 0.2) is 182 Å². The molecule has 1 aliphatic carbocycles. The van der Waals surface area contributed by atoms with Gasteiger partial charge in [0.2, 0.25) is 0 Å². The summed E-state index contributed by atoms with van der Waals surface area (Å²) in [5, 5.41) is 24.0. The molecule has 0 spiro atoms. The second-order valence-corrected chi connectivity index (χ2v) is 15.9. The van der Waals surface area contributed by atoms with E-state index in [0.29, 0.717) is 0 Å². The van der Waals surface area contributed by atoms with Gasteiger partial charge in [-0.05, 0) is 160 Å². The van der Waals surface area contributed by atoms with E-state index in [9.17, 15) is 0 Å². The van der Waals surface area contributed by atoms with Crippen molar-refractivity contribution in [2.24, 2.45) is 0 Å². The summed E-state index contributed by atoms with van der Waals surface area (Å²) in [6, 6.07) is 69.0. The van der Waals surface area contributed by atoms with Crippen LogP contribution in [0.2, 0.25) is 0 Å². The van der Waals surface area contributed by atoms with Crippen molar-refractivity contribution in [1.29, 1.82) is 0 Å². The largest absolute Gasteiger partial charge is 0.0616 e. The van der Waals surface area contributed by atoms with Gasteiger partial charge in [0.1, 0.15) is 0 Å². The van der Waals surface area contributed by atoms with Crippen LogP contribution >= 0.6 is 0 Å². The molecule has 0 heteroatoms. The van der Waals surface area contributed by atoms with Crippen molar-refractivity contribution in [2.45, 2.75) is 0 Å². The summed E-state index contributed by atoms with van der Waals surface area (Å²) in [5.41, 5.74) is 10.4. The molecular formula is C56H30. The van der Waals surface area contributed by atoms with E-state index >= 15 is 0 Å². The molecule has 0 atom stereocenters. The van der Waals surface area contributed by atoms with Gasteiger partial charge in [-0.3, -0.25) is 0 Å². The van der Waals surface area contributed by atoms with Crippen LogP contribution in [0, 0.1) is 0 Å². The predicted octanol–water partition coefficient (Wildman–Crippen LogP) is 15.9. The van der Waals surface area contributed by atoms with E-state index in [0.717, 1.165) is 0 Å². The molecule has 0 bridgehead atoms. The summed E-state index contributed by atoms with van der Waals surface area (Å²) in [6.45, 7) is 0. The van der Waals surface area contributed by atoms with Crippen LogP contribution in [0.4, 0.5) is 0 Å². The summed E-state index contributed by atoms with van der Waals surface area (Å²) in [4.78, 5) is 0. The molecule has 0 radical (unpaired) electrons. The molecule has 254 valence electrons. The van der Waals surface area contributed by atoms with E-state index in [2.05, 4.69) is 182 Å². The Kier molecular flexibility index (Phi) is 5.34. The summed E-state index contributed by atoms with van der Waals surface area (Å²) in [6.07, 6.45) is 0. The molecule has 13 aromatic rings. The van der Waals surface area contributed by atoms with Crippen LogP contribution in [0.5, 0.6) is 0 Å². The lowest BCUT2D eigenvalue weighted by Gasteiger charge is -2.18. The molecule has 14 rings (SSSR count). The first kappa shape index (κ1) is 29.1. The number of hydrogen-bond acceptors (Lipinski definition) is 0. The molecule has 0 aromatic heterocycles. The van der Waals surface area contributed by atoms with Gasteiger partial charge in [-0.2, -0.15) is 0 Å². The second kappa shape index (κ2) is 10.3. The average molecular weight is 703 g/mol. The average Bonchev–Trinajstić information content (AvgIpc) is 3.59. The Hall–Kier alpha value is -7.28. The molecule has 0 aliphatic heterocycles. The summed E-state index contributed by atoms with van der Waals surface area (Å²) in [5.74, 6) is 0. The van der Waals surface area contributed by atoms with Crippen molar-refractivity contribution in [2.75, 3.05) is 0 Å². The highest BCUT2D eigenvalue weighted by molar-refractivity contribution is 6.37. The third kappa shape index (κ3) is 3.51. The van der Waals surface area contributed by atoms with E-state index in [4.69, 9.17) is 0 Å². The van der Waals surface area contributed by atoms with Gasteiger partial charge in [0, 0.05) is 0 Å². The molecule has 0 saturated carbocycles. The minimum atomic E-state index is 1.26. The molecular weight excluding hydrogens is 673 g/mol. The van der Waals surface area contributed by atoms with E-state index in [1.54, 1.807) is 0 Å². The van der Waals surface area contributed by atoms with Gasteiger partial charge in [-0.1, -0.05) is 164 Å². The topological polar surface area (TPSA) is 0 Å². The van der Waals surface area contributed by atoms with E-state index < -0.39 is 0 Å². The van der Waals surface area contributed by atoms with E-state index in [1.807, 2.05) is 0 Å². The van der Waals surface area contributed by atoms with Crippen LogP contribution in [-0.4, -0.2) is 0 Å². The zero-order chi connectivity index (χ0) is 36.2. The fourth-order valence-electron chi connectivity index (χ4n) is 11.0. The van der Waals surface area contributed by atoms with Gasteiger partial charge in [0.05, 0.1) is 0 Å². The maximum absolute atomic E-state index is 2.46. The summed E-state index contributed by atoms with van der Waals surface area (Å²) < 4.78 is 0. The molecule has 0 fully saturated rings. The molecule has 0 heterocycles. The SMILES string of the molecule is c1cc2c3c(ccc(-c4cc5cccc6c7ccccc7c7cccc4c7c56)c3c1)-c1ccc(-c3cc4cccc5c6ccccc6c6cccc3c6c45)cc1-2. The number of rotatable bonds is 2. The molecule has 0 nitrogen and oxygen atoms in total. The van der Waals surface area contributed by atoms with Gasteiger partial charge >= 0.3 is 0 Å². The summed E-state index contributed by atoms with van der Waals surface area (Å²) >= 11 is 0. The molecule has 56 heavy (non-hydrogen) atoms. The van der Waals surface area contributed by atoms with Crippen molar-refractivity contribution in [1.82, 2.24) is 0 Å². The lowest BCUT2D eigenvalue weighted by Crippen LogP contribution is -1.91. The zero-order valence-electron chi connectivity index (χ0n) is 30.3. The Balaban J connectivity index is 1.01.